The van der Waals surface area contributed by atoms with E-state index in [1.165, 1.54) is 37.7 Å². The summed E-state index contributed by atoms with van der Waals surface area (Å²) < 4.78 is 0. The van der Waals surface area contributed by atoms with Crippen LogP contribution in [0.25, 0.3) is 0 Å². The Bertz CT molecular complexity index is 1030. The van der Waals surface area contributed by atoms with Crippen molar-refractivity contribution in [1.29, 1.82) is 0 Å². The fraction of sp³-hybridized carbons (Fsp3) is 0.600. The van der Waals surface area contributed by atoms with Crippen molar-refractivity contribution in [2.24, 2.45) is 0 Å². The third kappa shape index (κ3) is 4.46. The lowest BCUT2D eigenvalue weighted by Gasteiger charge is -2.49. The summed E-state index contributed by atoms with van der Waals surface area (Å²) in [4.78, 5) is 30.8. The van der Waals surface area contributed by atoms with Crippen LogP contribution in [0.2, 0.25) is 0 Å². The topological polar surface area (TPSA) is 98.3 Å². The Morgan fingerprint density at radius 1 is 1.06 bits per heavy atom. The molecule has 0 aromatic carbocycles. The first-order valence-electron chi connectivity index (χ1n) is 12.7. The summed E-state index contributed by atoms with van der Waals surface area (Å²) in [5, 5.41) is 10.0. The van der Waals surface area contributed by atoms with Gasteiger partial charge >= 0.3 is 0 Å². The van der Waals surface area contributed by atoms with E-state index in [4.69, 9.17) is 4.98 Å². The maximum absolute atomic E-state index is 12.2. The highest BCUT2D eigenvalue weighted by Crippen LogP contribution is 2.38. The smallest absolute Gasteiger partial charge is 0.239 e. The number of rotatable bonds is 5. The van der Waals surface area contributed by atoms with E-state index in [-0.39, 0.29) is 11.4 Å². The maximum Gasteiger partial charge on any atom is 0.239 e. The third-order valence-electron chi connectivity index (χ3n) is 7.97. The molecule has 0 atom stereocenters. The molecule has 2 aromatic heterocycles. The summed E-state index contributed by atoms with van der Waals surface area (Å²) in [5.74, 6) is 2.09. The first kappa shape index (κ1) is 21.7. The van der Waals surface area contributed by atoms with Crippen molar-refractivity contribution < 1.29 is 4.79 Å². The average molecular weight is 463 g/mol. The zero-order valence-corrected chi connectivity index (χ0v) is 19.7. The molecule has 2 saturated carbocycles. The van der Waals surface area contributed by atoms with Crippen molar-refractivity contribution in [2.45, 2.75) is 62.6 Å². The molecule has 4 aliphatic rings. The van der Waals surface area contributed by atoms with Crippen LogP contribution in [0.1, 0.15) is 50.5 Å². The second-order valence-electron chi connectivity index (χ2n) is 10.5. The number of nitrogens with one attached hydrogen (secondary N) is 3. The number of amides is 1. The number of hydrogen-bond acceptors (Lipinski definition) is 8. The lowest BCUT2D eigenvalue weighted by atomic mass is 9.79. The molecule has 0 bridgehead atoms. The number of hydrogen-bond donors (Lipinski definition) is 3. The second-order valence-corrected chi connectivity index (χ2v) is 10.5. The van der Waals surface area contributed by atoms with Gasteiger partial charge in [-0.15, -0.1) is 0 Å². The van der Waals surface area contributed by atoms with Gasteiger partial charge < -0.3 is 20.9 Å². The van der Waals surface area contributed by atoms with Crippen LogP contribution >= 0.6 is 0 Å². The monoisotopic (exact) mass is 462 g/mol. The molecular weight excluding hydrogens is 428 g/mol. The minimum atomic E-state index is -0.0410. The average Bonchev–Trinajstić information content (AvgIpc) is 3.61. The molecule has 2 aliphatic heterocycles. The lowest BCUT2D eigenvalue weighted by Crippen LogP contribution is -2.64. The van der Waals surface area contributed by atoms with E-state index in [2.05, 4.69) is 41.8 Å². The predicted molar refractivity (Wildman–Crippen MR) is 131 cm³/mol. The minimum Gasteiger partial charge on any atom is -0.352 e. The third-order valence-corrected chi connectivity index (χ3v) is 7.97. The van der Waals surface area contributed by atoms with Crippen LogP contribution in [0.3, 0.4) is 0 Å². The van der Waals surface area contributed by atoms with Crippen molar-refractivity contribution in [3.05, 3.63) is 36.2 Å². The maximum atomic E-state index is 12.2. The predicted octanol–water partition coefficient (Wildman–Crippen LogP) is 2.19. The van der Waals surface area contributed by atoms with E-state index >= 15 is 0 Å². The normalized spacial score (nSPS) is 23.6. The van der Waals surface area contributed by atoms with Crippen LogP contribution in [0, 0.1) is 0 Å². The largest absolute Gasteiger partial charge is 0.352 e. The molecule has 9 nitrogen and oxygen atoms in total. The van der Waals surface area contributed by atoms with Crippen molar-refractivity contribution in [1.82, 2.24) is 30.5 Å². The van der Waals surface area contributed by atoms with Crippen molar-refractivity contribution in [2.75, 3.05) is 42.9 Å². The van der Waals surface area contributed by atoms with Gasteiger partial charge in [-0.3, -0.25) is 9.69 Å². The second kappa shape index (κ2) is 8.78. The molecule has 180 valence electrons. The van der Waals surface area contributed by atoms with Crippen LogP contribution < -0.4 is 20.9 Å². The molecule has 2 aliphatic carbocycles. The van der Waals surface area contributed by atoms with Crippen molar-refractivity contribution in [3.63, 3.8) is 0 Å². The highest BCUT2D eigenvalue weighted by molar-refractivity contribution is 5.83. The highest BCUT2D eigenvalue weighted by Gasteiger charge is 2.45. The molecule has 4 fully saturated rings. The SMILES string of the molecule is O=C1CN(c2ccnc(Nc3ccc(CN4CCNC5(CC5)C4)cn3)n2)C2(CCCCC2)CN1. The number of carbonyl (C=O) groups excluding carboxylic acids is 1. The molecule has 2 aromatic rings. The summed E-state index contributed by atoms with van der Waals surface area (Å²) in [6.45, 7) is 5.25. The molecular formula is C25H34N8O. The Hall–Kier alpha value is -2.78. The van der Waals surface area contributed by atoms with Gasteiger partial charge in [-0.1, -0.05) is 25.3 Å². The highest BCUT2D eigenvalue weighted by atomic mass is 16.2. The molecule has 1 amide bonds. The number of pyridine rings is 1. The Balaban J connectivity index is 1.14. The summed E-state index contributed by atoms with van der Waals surface area (Å²) in [6, 6.07) is 6.04. The molecule has 0 unspecified atom stereocenters. The van der Waals surface area contributed by atoms with Crippen LogP contribution in [0.15, 0.2) is 30.6 Å². The number of aromatic nitrogens is 3. The Kier molecular flexibility index (Phi) is 5.61. The van der Waals surface area contributed by atoms with Gasteiger partial charge in [-0.05, 0) is 43.4 Å². The first-order chi connectivity index (χ1) is 16.6. The summed E-state index contributed by atoms with van der Waals surface area (Å²) in [6.07, 6.45) is 12.1. The Labute approximate surface area is 200 Å². The van der Waals surface area contributed by atoms with E-state index in [0.29, 0.717) is 24.6 Å². The molecule has 3 N–H and O–H groups in total. The summed E-state index contributed by atoms with van der Waals surface area (Å²) >= 11 is 0. The zero-order chi connectivity index (χ0) is 23.0. The molecule has 34 heavy (non-hydrogen) atoms. The Morgan fingerprint density at radius 2 is 1.94 bits per heavy atom. The minimum absolute atomic E-state index is 0.0410. The molecule has 2 spiro atoms. The molecule has 9 heteroatoms. The molecule has 0 radical (unpaired) electrons. The fourth-order valence-electron chi connectivity index (χ4n) is 5.89. The quantitative estimate of drug-likeness (QED) is 0.622. The first-order valence-corrected chi connectivity index (χ1v) is 12.7. The van der Waals surface area contributed by atoms with E-state index in [1.54, 1.807) is 6.20 Å². The summed E-state index contributed by atoms with van der Waals surface area (Å²) in [5.41, 5.74) is 1.57. The van der Waals surface area contributed by atoms with Gasteiger partial charge in [0.2, 0.25) is 11.9 Å². The van der Waals surface area contributed by atoms with Crippen LogP contribution in [-0.4, -0.2) is 69.6 Å². The van der Waals surface area contributed by atoms with Gasteiger partial charge in [0.15, 0.2) is 0 Å². The van der Waals surface area contributed by atoms with Crippen LogP contribution in [0.4, 0.5) is 17.6 Å². The van der Waals surface area contributed by atoms with Crippen molar-refractivity contribution in [3.8, 4) is 0 Å². The Morgan fingerprint density at radius 3 is 2.74 bits per heavy atom. The number of piperazine rings is 2. The number of carbonyl (C=O) groups is 1. The van der Waals surface area contributed by atoms with Crippen LogP contribution in [-0.2, 0) is 11.3 Å². The van der Waals surface area contributed by atoms with Gasteiger partial charge in [0.05, 0.1) is 12.1 Å². The van der Waals surface area contributed by atoms with Gasteiger partial charge in [-0.2, -0.15) is 4.98 Å². The lowest BCUT2D eigenvalue weighted by molar-refractivity contribution is -0.121. The fourth-order valence-corrected chi connectivity index (χ4v) is 5.89. The zero-order valence-electron chi connectivity index (χ0n) is 19.7. The van der Waals surface area contributed by atoms with Gasteiger partial charge in [0, 0.05) is 50.7 Å². The molecule has 4 heterocycles. The number of nitrogens with zero attached hydrogens (tertiary/aromatic N) is 5. The van der Waals surface area contributed by atoms with E-state index in [1.807, 2.05) is 18.3 Å². The molecule has 6 rings (SSSR count). The van der Waals surface area contributed by atoms with Crippen LogP contribution in [0.5, 0.6) is 0 Å². The van der Waals surface area contributed by atoms with Gasteiger partial charge in [0.25, 0.3) is 0 Å². The van der Waals surface area contributed by atoms with E-state index < -0.39 is 0 Å². The van der Waals surface area contributed by atoms with E-state index in [0.717, 1.165) is 50.7 Å². The summed E-state index contributed by atoms with van der Waals surface area (Å²) in [7, 11) is 0. The van der Waals surface area contributed by atoms with E-state index in [9.17, 15) is 4.79 Å². The standard InChI is InChI=1S/C25H34N8O/c34-22-16-33(25(17-28-22)7-2-1-3-8-25)21-6-11-26-23(31-21)30-20-5-4-19(14-27-20)15-32-13-12-29-24(18-32)9-10-24/h4-6,11,14,29H,1-3,7-10,12-13,15-18H2,(H,28,34)(H,26,27,30,31). The number of anilines is 3. The van der Waals surface area contributed by atoms with Gasteiger partial charge in [-0.25, -0.2) is 9.97 Å². The molecule has 2 saturated heterocycles. The van der Waals surface area contributed by atoms with Gasteiger partial charge in [0.1, 0.15) is 11.6 Å². The van der Waals surface area contributed by atoms with Crippen molar-refractivity contribution >= 4 is 23.5 Å².